The number of carbonyl (C=O) groups is 1. The summed E-state index contributed by atoms with van der Waals surface area (Å²) in [6.07, 6.45) is 0. The number of halogens is 1. The number of esters is 1. The van der Waals surface area contributed by atoms with Crippen LogP contribution in [-0.2, 0) is 6.61 Å². The van der Waals surface area contributed by atoms with E-state index < -0.39 is 11.9 Å². The van der Waals surface area contributed by atoms with Crippen LogP contribution in [0.25, 0.3) is 0 Å². The zero-order valence-electron chi connectivity index (χ0n) is 20.9. The van der Waals surface area contributed by atoms with E-state index in [0.717, 1.165) is 11.1 Å². The third kappa shape index (κ3) is 5.53. The molecule has 0 radical (unpaired) electrons. The maximum atomic E-state index is 13.1. The first-order valence-electron chi connectivity index (χ1n) is 12.0. The van der Waals surface area contributed by atoms with Gasteiger partial charge < -0.3 is 24.7 Å². The van der Waals surface area contributed by atoms with E-state index in [-0.39, 0.29) is 29.6 Å². The smallest absolute Gasteiger partial charge is 0.343 e. The summed E-state index contributed by atoms with van der Waals surface area (Å²) >= 11 is 0. The fraction of sp³-hybridized carbons (Fsp3) is 0.0968. The number of ether oxygens (including phenoxy) is 4. The first kappa shape index (κ1) is 25.4. The highest BCUT2D eigenvalue weighted by Crippen LogP contribution is 2.43. The van der Waals surface area contributed by atoms with Crippen molar-refractivity contribution in [3.63, 3.8) is 0 Å². The average molecular weight is 523 g/mol. The fourth-order valence-corrected chi connectivity index (χ4v) is 4.24. The number of carbonyl (C=O) groups excluding carboxylic acids is 1. The topological polar surface area (TPSA) is 104 Å². The zero-order valence-corrected chi connectivity index (χ0v) is 20.9. The summed E-state index contributed by atoms with van der Waals surface area (Å²) in [5.41, 5.74) is 9.09. The molecule has 0 saturated carbocycles. The molecular weight excluding hydrogens is 499 g/mol. The molecule has 0 saturated heterocycles. The summed E-state index contributed by atoms with van der Waals surface area (Å²) in [7, 11) is 1.55. The van der Waals surface area contributed by atoms with Crippen molar-refractivity contribution < 1.29 is 28.1 Å². The Bertz CT molecular complexity index is 1570. The molecule has 0 aliphatic carbocycles. The first-order chi connectivity index (χ1) is 18.9. The van der Waals surface area contributed by atoms with Crippen LogP contribution in [0.3, 0.4) is 0 Å². The highest BCUT2D eigenvalue weighted by atomic mass is 19.1. The molecule has 194 valence electrons. The molecule has 0 amide bonds. The Morgan fingerprint density at radius 1 is 0.949 bits per heavy atom. The summed E-state index contributed by atoms with van der Waals surface area (Å²) in [6, 6.07) is 27.1. The van der Waals surface area contributed by atoms with E-state index in [1.807, 2.05) is 12.1 Å². The summed E-state index contributed by atoms with van der Waals surface area (Å²) in [4.78, 5) is 12.6. The average Bonchev–Trinajstić information content (AvgIpc) is 2.96. The van der Waals surface area contributed by atoms with Crippen molar-refractivity contribution in [1.29, 1.82) is 5.26 Å². The van der Waals surface area contributed by atoms with E-state index in [1.54, 1.807) is 73.8 Å². The number of rotatable bonds is 7. The number of nitrogens with two attached hydrogens (primary N) is 1. The molecule has 1 atom stereocenters. The summed E-state index contributed by atoms with van der Waals surface area (Å²) in [5, 5.41) is 9.84. The number of benzene rings is 4. The largest absolute Gasteiger partial charge is 0.497 e. The molecule has 0 bridgehead atoms. The van der Waals surface area contributed by atoms with E-state index in [2.05, 4.69) is 6.07 Å². The summed E-state index contributed by atoms with van der Waals surface area (Å²) < 4.78 is 35.3. The molecule has 0 aromatic heterocycles. The predicted octanol–water partition coefficient (Wildman–Crippen LogP) is 5.85. The number of methoxy groups -OCH3 is 1. The molecule has 4 aromatic rings. The van der Waals surface area contributed by atoms with Crippen molar-refractivity contribution in [2.45, 2.75) is 12.5 Å². The van der Waals surface area contributed by atoms with E-state index in [0.29, 0.717) is 28.4 Å². The van der Waals surface area contributed by atoms with E-state index >= 15 is 0 Å². The maximum absolute atomic E-state index is 13.1. The second-order valence-corrected chi connectivity index (χ2v) is 8.73. The van der Waals surface area contributed by atoms with Gasteiger partial charge in [0.1, 0.15) is 47.1 Å². The van der Waals surface area contributed by atoms with Gasteiger partial charge in [0.25, 0.3) is 0 Å². The van der Waals surface area contributed by atoms with E-state index in [4.69, 9.17) is 24.7 Å². The minimum atomic E-state index is -0.539. The lowest BCUT2D eigenvalue weighted by molar-refractivity contribution is 0.0734. The van der Waals surface area contributed by atoms with Crippen LogP contribution in [0.4, 0.5) is 4.39 Å². The molecular formula is C31H23FN2O5. The van der Waals surface area contributed by atoms with E-state index in [1.165, 1.54) is 12.1 Å². The molecule has 0 spiro atoms. The van der Waals surface area contributed by atoms with Gasteiger partial charge in [-0.2, -0.15) is 5.26 Å². The predicted molar refractivity (Wildman–Crippen MR) is 141 cm³/mol. The lowest BCUT2D eigenvalue weighted by Gasteiger charge is -2.26. The van der Waals surface area contributed by atoms with E-state index in [9.17, 15) is 14.4 Å². The SMILES string of the molecule is COc1ccc(C(=O)Oc2ccc3c(c2)OC(N)=C(C#N)C3c2ccc(OCc3ccc(F)cc3)cc2)cc1. The van der Waals surface area contributed by atoms with Crippen molar-refractivity contribution in [2.24, 2.45) is 5.73 Å². The van der Waals surface area contributed by atoms with Crippen LogP contribution in [-0.4, -0.2) is 13.1 Å². The Balaban J connectivity index is 1.36. The van der Waals surface area contributed by atoms with Crippen LogP contribution < -0.4 is 24.7 Å². The molecule has 2 N–H and O–H groups in total. The maximum Gasteiger partial charge on any atom is 0.343 e. The minimum absolute atomic E-state index is 0.0229. The molecule has 0 fully saturated rings. The molecule has 1 heterocycles. The Morgan fingerprint density at radius 3 is 2.28 bits per heavy atom. The van der Waals surface area contributed by atoms with Crippen molar-refractivity contribution in [2.75, 3.05) is 7.11 Å². The third-order valence-electron chi connectivity index (χ3n) is 6.26. The number of allylic oxidation sites excluding steroid dienone is 1. The van der Waals surface area contributed by atoms with Crippen LogP contribution in [0, 0.1) is 17.1 Å². The second-order valence-electron chi connectivity index (χ2n) is 8.73. The lowest BCUT2D eigenvalue weighted by atomic mass is 9.83. The first-order valence-corrected chi connectivity index (χ1v) is 12.0. The molecule has 4 aromatic carbocycles. The standard InChI is InChI=1S/C31H23FN2O5/c1-36-23-10-6-21(7-11-23)31(35)38-25-14-15-26-28(16-25)39-30(34)27(17-33)29(26)20-4-12-24(13-5-20)37-18-19-2-8-22(32)9-3-19/h2-16,29H,18,34H2,1H3. The van der Waals surface area contributed by atoms with Gasteiger partial charge >= 0.3 is 5.97 Å². The summed E-state index contributed by atoms with van der Waals surface area (Å²) in [5.74, 6) is 0.542. The van der Waals surface area contributed by atoms with Gasteiger partial charge in [0.15, 0.2) is 0 Å². The molecule has 1 unspecified atom stereocenters. The normalized spacial score (nSPS) is 14.0. The molecule has 7 nitrogen and oxygen atoms in total. The van der Waals surface area contributed by atoms with Crippen LogP contribution >= 0.6 is 0 Å². The third-order valence-corrected chi connectivity index (χ3v) is 6.26. The molecule has 8 heteroatoms. The van der Waals surface area contributed by atoms with Crippen molar-refractivity contribution in [3.05, 3.63) is 131 Å². The van der Waals surface area contributed by atoms with Crippen LogP contribution in [0.5, 0.6) is 23.0 Å². The molecule has 1 aliphatic heterocycles. The Hall–Kier alpha value is -5.29. The van der Waals surface area contributed by atoms with Crippen LogP contribution in [0.1, 0.15) is 33.0 Å². The number of fused-ring (bicyclic) bond motifs is 1. The lowest BCUT2D eigenvalue weighted by Crippen LogP contribution is -2.21. The monoisotopic (exact) mass is 522 g/mol. The van der Waals surface area contributed by atoms with Crippen molar-refractivity contribution in [3.8, 4) is 29.1 Å². The van der Waals surface area contributed by atoms with Gasteiger partial charge in [0.2, 0.25) is 5.88 Å². The highest BCUT2D eigenvalue weighted by molar-refractivity contribution is 5.91. The van der Waals surface area contributed by atoms with Gasteiger partial charge in [-0.1, -0.05) is 30.3 Å². The molecule has 5 rings (SSSR count). The van der Waals surface area contributed by atoms with Gasteiger partial charge in [-0.15, -0.1) is 0 Å². The van der Waals surface area contributed by atoms with Gasteiger partial charge in [-0.25, -0.2) is 9.18 Å². The number of hydrogen-bond donors (Lipinski definition) is 1. The Kier molecular flexibility index (Phi) is 7.15. The molecule has 1 aliphatic rings. The Morgan fingerprint density at radius 2 is 1.62 bits per heavy atom. The Labute approximate surface area is 224 Å². The van der Waals surface area contributed by atoms with Crippen LogP contribution in [0.2, 0.25) is 0 Å². The minimum Gasteiger partial charge on any atom is -0.497 e. The number of nitrogens with zero attached hydrogens (tertiary/aromatic N) is 1. The van der Waals surface area contributed by atoms with Gasteiger partial charge in [0.05, 0.1) is 18.6 Å². The van der Waals surface area contributed by atoms with Crippen molar-refractivity contribution >= 4 is 5.97 Å². The van der Waals surface area contributed by atoms with Gasteiger partial charge in [-0.05, 0) is 65.7 Å². The van der Waals surface area contributed by atoms with Gasteiger partial charge in [0, 0.05) is 11.6 Å². The van der Waals surface area contributed by atoms with Crippen molar-refractivity contribution in [1.82, 2.24) is 0 Å². The number of nitriles is 1. The summed E-state index contributed by atoms with van der Waals surface area (Å²) in [6.45, 7) is 0.286. The quantitative estimate of drug-likeness (QED) is 0.240. The fourth-order valence-electron chi connectivity index (χ4n) is 4.24. The number of hydrogen-bond acceptors (Lipinski definition) is 7. The highest BCUT2D eigenvalue weighted by Gasteiger charge is 2.31. The molecule has 39 heavy (non-hydrogen) atoms. The van der Waals surface area contributed by atoms with Crippen LogP contribution in [0.15, 0.2) is 102 Å². The zero-order chi connectivity index (χ0) is 27.4. The second kappa shape index (κ2) is 11.0. The van der Waals surface area contributed by atoms with Gasteiger partial charge in [-0.3, -0.25) is 0 Å².